The Morgan fingerprint density at radius 3 is 2.40 bits per heavy atom. The van der Waals surface area contributed by atoms with Crippen LogP contribution in [0.2, 0.25) is 0 Å². The highest BCUT2D eigenvalue weighted by molar-refractivity contribution is 5.79. The minimum atomic E-state index is 0.101. The van der Waals surface area contributed by atoms with Gasteiger partial charge >= 0.3 is 0 Å². The molecule has 114 valence electrons. The van der Waals surface area contributed by atoms with E-state index in [4.69, 9.17) is 0 Å². The zero-order valence-electron chi connectivity index (χ0n) is 12.9. The first-order valence-corrected chi connectivity index (χ1v) is 7.34. The van der Waals surface area contributed by atoms with Crippen molar-refractivity contribution in [2.24, 2.45) is 5.92 Å². The van der Waals surface area contributed by atoms with Gasteiger partial charge in [-0.15, -0.1) is 0 Å². The molecular weight excluding hydrogens is 254 g/mol. The van der Waals surface area contributed by atoms with Gasteiger partial charge in [-0.2, -0.15) is 0 Å². The lowest BCUT2D eigenvalue weighted by Crippen LogP contribution is -2.45. The number of nitrogens with zero attached hydrogens (tertiary/aromatic N) is 2. The second-order valence-electron chi connectivity index (χ2n) is 5.53. The van der Waals surface area contributed by atoms with Gasteiger partial charge in [-0.3, -0.25) is 14.5 Å². The zero-order chi connectivity index (χ0) is 15.1. The average Bonchev–Trinajstić information content (AvgIpc) is 2.44. The van der Waals surface area contributed by atoms with Gasteiger partial charge in [-0.05, 0) is 39.8 Å². The summed E-state index contributed by atoms with van der Waals surface area (Å²) in [7, 11) is 1.68. The van der Waals surface area contributed by atoms with Crippen LogP contribution in [0.3, 0.4) is 0 Å². The van der Waals surface area contributed by atoms with Gasteiger partial charge in [0.15, 0.2) is 0 Å². The summed E-state index contributed by atoms with van der Waals surface area (Å²) in [5.41, 5.74) is 0.999. The summed E-state index contributed by atoms with van der Waals surface area (Å²) in [6.45, 7) is 11.2. The summed E-state index contributed by atoms with van der Waals surface area (Å²) in [6, 6.07) is 0. The highest BCUT2D eigenvalue weighted by Crippen LogP contribution is 2.17. The van der Waals surface area contributed by atoms with Crippen LogP contribution in [0.25, 0.3) is 0 Å². The van der Waals surface area contributed by atoms with E-state index in [1.54, 1.807) is 7.05 Å². The fourth-order valence-corrected chi connectivity index (χ4v) is 2.55. The van der Waals surface area contributed by atoms with Crippen LogP contribution in [0.15, 0.2) is 12.2 Å². The second kappa shape index (κ2) is 8.04. The van der Waals surface area contributed by atoms with Gasteiger partial charge in [0.25, 0.3) is 0 Å². The van der Waals surface area contributed by atoms with E-state index in [0.717, 1.165) is 31.5 Å². The number of piperidine rings is 1. The molecule has 0 aromatic rings. The van der Waals surface area contributed by atoms with Crippen LogP contribution >= 0.6 is 0 Å². The number of carbonyl (C=O) groups is 2. The maximum Gasteiger partial charge on any atom is 0.237 e. The van der Waals surface area contributed by atoms with Crippen molar-refractivity contribution in [2.75, 3.05) is 39.8 Å². The van der Waals surface area contributed by atoms with E-state index in [9.17, 15) is 9.59 Å². The molecule has 1 rings (SSSR count). The number of likely N-dealkylation sites (N-methyl/N-ethyl adjacent to an activating group) is 1. The van der Waals surface area contributed by atoms with Gasteiger partial charge in [-0.25, -0.2) is 0 Å². The van der Waals surface area contributed by atoms with Crippen LogP contribution in [0, 0.1) is 5.92 Å². The van der Waals surface area contributed by atoms with E-state index in [2.05, 4.69) is 16.8 Å². The molecule has 1 N–H and O–H groups in total. The molecule has 1 fully saturated rings. The van der Waals surface area contributed by atoms with Gasteiger partial charge in [0.05, 0.1) is 6.54 Å². The molecule has 20 heavy (non-hydrogen) atoms. The first-order chi connectivity index (χ1) is 9.47. The Morgan fingerprint density at radius 2 is 1.95 bits per heavy atom. The summed E-state index contributed by atoms with van der Waals surface area (Å²) in [5.74, 6) is 0.367. The molecule has 0 aliphatic carbocycles. The third-order valence-electron chi connectivity index (χ3n) is 3.76. The lowest BCUT2D eigenvalue weighted by molar-refractivity contribution is -0.132. The Labute approximate surface area is 122 Å². The summed E-state index contributed by atoms with van der Waals surface area (Å²) >= 11 is 0. The summed E-state index contributed by atoms with van der Waals surface area (Å²) in [5, 5.41) is 2.70. The molecule has 1 aliphatic rings. The van der Waals surface area contributed by atoms with Gasteiger partial charge in [0.1, 0.15) is 0 Å². The molecule has 0 atom stereocenters. The van der Waals surface area contributed by atoms with E-state index < -0.39 is 0 Å². The average molecular weight is 281 g/mol. The van der Waals surface area contributed by atoms with Crippen molar-refractivity contribution < 1.29 is 9.59 Å². The molecule has 2 amide bonds. The first-order valence-electron chi connectivity index (χ1n) is 7.34. The Hall–Kier alpha value is -1.36. The monoisotopic (exact) mass is 281 g/mol. The van der Waals surface area contributed by atoms with Crippen molar-refractivity contribution in [3.8, 4) is 0 Å². The molecule has 0 saturated carbocycles. The predicted molar refractivity (Wildman–Crippen MR) is 80.3 cm³/mol. The highest BCUT2D eigenvalue weighted by Gasteiger charge is 2.26. The van der Waals surface area contributed by atoms with Crippen LogP contribution in [0.1, 0.15) is 26.7 Å². The number of carbonyl (C=O) groups excluding carboxylic acids is 2. The molecule has 0 radical (unpaired) electrons. The second-order valence-corrected chi connectivity index (χ2v) is 5.53. The Morgan fingerprint density at radius 1 is 1.35 bits per heavy atom. The number of hydrogen-bond acceptors (Lipinski definition) is 3. The zero-order valence-corrected chi connectivity index (χ0v) is 12.9. The summed E-state index contributed by atoms with van der Waals surface area (Å²) in [6.07, 6.45) is 1.67. The molecule has 0 bridgehead atoms. The molecule has 0 aromatic heterocycles. The normalized spacial score (nSPS) is 16.8. The Bertz CT molecular complexity index is 360. The van der Waals surface area contributed by atoms with Crippen molar-refractivity contribution in [1.29, 1.82) is 0 Å². The van der Waals surface area contributed by atoms with Crippen LogP contribution in [0.4, 0.5) is 0 Å². The fraction of sp³-hybridized carbons (Fsp3) is 0.733. The molecule has 1 heterocycles. The van der Waals surface area contributed by atoms with Gasteiger partial charge in [0.2, 0.25) is 11.8 Å². The third-order valence-corrected chi connectivity index (χ3v) is 3.76. The van der Waals surface area contributed by atoms with E-state index in [1.807, 2.05) is 18.7 Å². The maximum absolute atomic E-state index is 12.2. The van der Waals surface area contributed by atoms with Crippen molar-refractivity contribution in [3.63, 3.8) is 0 Å². The van der Waals surface area contributed by atoms with E-state index in [1.165, 1.54) is 0 Å². The van der Waals surface area contributed by atoms with Crippen LogP contribution in [-0.4, -0.2) is 61.4 Å². The lowest BCUT2D eigenvalue weighted by atomic mass is 9.96. The Kier molecular flexibility index (Phi) is 6.71. The molecule has 5 heteroatoms. The molecule has 0 spiro atoms. The topological polar surface area (TPSA) is 52.7 Å². The summed E-state index contributed by atoms with van der Waals surface area (Å²) in [4.78, 5) is 27.7. The van der Waals surface area contributed by atoms with Crippen LogP contribution in [0.5, 0.6) is 0 Å². The molecule has 1 saturated heterocycles. The number of rotatable bonds is 6. The van der Waals surface area contributed by atoms with Crippen molar-refractivity contribution in [1.82, 2.24) is 15.1 Å². The smallest absolute Gasteiger partial charge is 0.237 e. The van der Waals surface area contributed by atoms with Gasteiger partial charge in [0, 0.05) is 26.1 Å². The van der Waals surface area contributed by atoms with E-state index in [0.29, 0.717) is 19.6 Å². The van der Waals surface area contributed by atoms with Gasteiger partial charge < -0.3 is 10.2 Å². The minimum Gasteiger partial charge on any atom is -0.359 e. The molecular formula is C15H27N3O2. The SMILES string of the molecule is C=C(C)CN(CC)C(=O)CN1CCC(C(=O)NC)CC1. The molecule has 5 nitrogen and oxygen atoms in total. The van der Waals surface area contributed by atoms with E-state index in [-0.39, 0.29) is 17.7 Å². The highest BCUT2D eigenvalue weighted by atomic mass is 16.2. The Balaban J connectivity index is 2.40. The van der Waals surface area contributed by atoms with Crippen molar-refractivity contribution in [2.45, 2.75) is 26.7 Å². The molecule has 0 aromatic carbocycles. The largest absolute Gasteiger partial charge is 0.359 e. The number of amides is 2. The minimum absolute atomic E-state index is 0.101. The van der Waals surface area contributed by atoms with E-state index >= 15 is 0 Å². The summed E-state index contributed by atoms with van der Waals surface area (Å²) < 4.78 is 0. The molecule has 1 aliphatic heterocycles. The first kappa shape index (κ1) is 16.7. The quantitative estimate of drug-likeness (QED) is 0.735. The predicted octanol–water partition coefficient (Wildman–Crippen LogP) is 0.869. The number of nitrogens with one attached hydrogen (secondary N) is 1. The fourth-order valence-electron chi connectivity index (χ4n) is 2.55. The molecule has 0 unspecified atom stereocenters. The third kappa shape index (κ3) is 4.96. The number of hydrogen-bond donors (Lipinski definition) is 1. The van der Waals surface area contributed by atoms with Crippen molar-refractivity contribution >= 4 is 11.8 Å². The lowest BCUT2D eigenvalue weighted by Gasteiger charge is -2.32. The van der Waals surface area contributed by atoms with Gasteiger partial charge in [-0.1, -0.05) is 12.2 Å². The standard InChI is InChI=1S/C15H27N3O2/c1-5-18(10-12(2)3)14(19)11-17-8-6-13(7-9-17)15(20)16-4/h13H,2,5-11H2,1,3-4H3,(H,16,20). The maximum atomic E-state index is 12.2. The van der Waals surface area contributed by atoms with Crippen LogP contribution in [-0.2, 0) is 9.59 Å². The number of likely N-dealkylation sites (tertiary alicyclic amines) is 1. The van der Waals surface area contributed by atoms with Crippen LogP contribution < -0.4 is 5.32 Å². The van der Waals surface area contributed by atoms with Crippen molar-refractivity contribution in [3.05, 3.63) is 12.2 Å².